The molecule has 0 aromatic carbocycles. The highest BCUT2D eigenvalue weighted by molar-refractivity contribution is 7.99. The molecule has 1 atom stereocenters. The summed E-state index contributed by atoms with van der Waals surface area (Å²) >= 11 is 1.89. The Morgan fingerprint density at radius 3 is 2.58 bits per heavy atom. The summed E-state index contributed by atoms with van der Waals surface area (Å²) in [5.74, 6) is 1.73. The molecule has 2 fully saturated rings. The minimum absolute atomic E-state index is 0.219. The van der Waals surface area contributed by atoms with Crippen molar-refractivity contribution in [2.24, 2.45) is 0 Å². The van der Waals surface area contributed by atoms with Crippen LogP contribution in [0, 0.1) is 0 Å². The van der Waals surface area contributed by atoms with Gasteiger partial charge in [0.15, 0.2) is 0 Å². The highest BCUT2D eigenvalue weighted by Crippen LogP contribution is 2.22. The molecule has 0 saturated carbocycles. The van der Waals surface area contributed by atoms with E-state index in [9.17, 15) is 18.0 Å². The lowest BCUT2D eigenvalue weighted by atomic mass is 10.0. The number of halogens is 3. The molecule has 2 aliphatic heterocycles. The van der Waals surface area contributed by atoms with E-state index in [4.69, 9.17) is 0 Å². The van der Waals surface area contributed by atoms with Crippen molar-refractivity contribution in [1.82, 2.24) is 10.2 Å². The Hall–Kier alpha value is -0.430. The minimum Gasteiger partial charge on any atom is -0.332 e. The fourth-order valence-electron chi connectivity index (χ4n) is 2.62. The number of nitrogens with one attached hydrogen (secondary N) is 1. The quantitative estimate of drug-likeness (QED) is 0.865. The monoisotopic (exact) mass is 296 g/mol. The zero-order chi connectivity index (χ0) is 13.9. The fraction of sp³-hybridized carbons (Fsp3) is 0.917. The molecule has 3 nitrogen and oxygen atoms in total. The molecule has 7 heteroatoms. The van der Waals surface area contributed by atoms with Gasteiger partial charge in [-0.15, -0.1) is 0 Å². The lowest BCUT2D eigenvalue weighted by Gasteiger charge is -2.35. The van der Waals surface area contributed by atoms with Gasteiger partial charge in [0, 0.05) is 12.6 Å². The molecule has 2 aliphatic rings. The first-order valence-corrected chi connectivity index (χ1v) is 7.80. The van der Waals surface area contributed by atoms with Gasteiger partial charge in [0.25, 0.3) is 0 Å². The Balaban J connectivity index is 1.88. The van der Waals surface area contributed by atoms with E-state index in [1.807, 2.05) is 11.8 Å². The van der Waals surface area contributed by atoms with E-state index < -0.39 is 18.8 Å². The van der Waals surface area contributed by atoms with E-state index >= 15 is 0 Å². The van der Waals surface area contributed by atoms with Gasteiger partial charge in [0.05, 0.1) is 6.04 Å². The van der Waals surface area contributed by atoms with Gasteiger partial charge in [0.2, 0.25) is 5.91 Å². The first kappa shape index (κ1) is 15.0. The van der Waals surface area contributed by atoms with Gasteiger partial charge in [-0.2, -0.15) is 24.9 Å². The van der Waals surface area contributed by atoms with Crippen LogP contribution in [0.4, 0.5) is 13.2 Å². The second-order valence-electron chi connectivity index (χ2n) is 5.12. The number of carbonyl (C=O) groups excluding carboxylic acids is 1. The van der Waals surface area contributed by atoms with Gasteiger partial charge < -0.3 is 10.2 Å². The second kappa shape index (κ2) is 6.35. The third kappa shape index (κ3) is 4.56. The van der Waals surface area contributed by atoms with E-state index in [2.05, 4.69) is 5.32 Å². The summed E-state index contributed by atoms with van der Waals surface area (Å²) < 4.78 is 37.1. The summed E-state index contributed by atoms with van der Waals surface area (Å²) in [6, 6.07) is -0.148. The number of thioether (sulfide) groups is 1. The molecule has 110 valence electrons. The average Bonchev–Trinajstić information content (AvgIpc) is 2.34. The number of nitrogens with zero attached hydrogens (tertiary/aromatic N) is 1. The molecular weight excluding hydrogens is 277 g/mol. The zero-order valence-electron chi connectivity index (χ0n) is 10.7. The Morgan fingerprint density at radius 2 is 1.95 bits per heavy atom. The molecular formula is C12H19F3N2OS. The van der Waals surface area contributed by atoms with Gasteiger partial charge in [-0.05, 0) is 37.2 Å². The summed E-state index contributed by atoms with van der Waals surface area (Å²) in [4.78, 5) is 13.0. The SMILES string of the molecule is O=C1[C@H](NC2CCSCC2)CCCN1CC(F)(F)F. The van der Waals surface area contributed by atoms with Gasteiger partial charge in [-0.3, -0.25) is 4.79 Å². The first-order chi connectivity index (χ1) is 8.96. The van der Waals surface area contributed by atoms with Crippen molar-refractivity contribution < 1.29 is 18.0 Å². The lowest BCUT2D eigenvalue weighted by Crippen LogP contribution is -2.55. The summed E-state index contributed by atoms with van der Waals surface area (Å²) in [5, 5.41) is 3.25. The largest absolute Gasteiger partial charge is 0.406 e. The van der Waals surface area contributed by atoms with Gasteiger partial charge in [-0.25, -0.2) is 0 Å². The van der Waals surface area contributed by atoms with Crippen LogP contribution in [0.3, 0.4) is 0 Å². The Morgan fingerprint density at radius 1 is 1.26 bits per heavy atom. The van der Waals surface area contributed by atoms with Crippen LogP contribution < -0.4 is 5.32 Å². The number of likely N-dealkylation sites (tertiary alicyclic amines) is 1. The predicted octanol–water partition coefficient (Wildman–Crippen LogP) is 2.02. The maximum atomic E-state index is 12.4. The molecule has 0 aliphatic carbocycles. The molecule has 1 N–H and O–H groups in total. The molecule has 0 spiro atoms. The van der Waals surface area contributed by atoms with E-state index in [0.29, 0.717) is 12.8 Å². The van der Waals surface area contributed by atoms with Crippen LogP contribution in [0.5, 0.6) is 0 Å². The first-order valence-electron chi connectivity index (χ1n) is 6.65. The molecule has 0 bridgehead atoms. The number of amides is 1. The molecule has 1 amide bonds. The maximum Gasteiger partial charge on any atom is 0.406 e. The third-order valence-corrected chi connectivity index (χ3v) is 4.61. The van der Waals surface area contributed by atoms with Gasteiger partial charge in [0.1, 0.15) is 6.54 Å². The molecule has 2 heterocycles. The summed E-state index contributed by atoms with van der Waals surface area (Å²) in [6.45, 7) is -0.901. The Bertz CT molecular complexity index is 319. The Kier molecular flexibility index (Phi) is 5.00. The van der Waals surface area contributed by atoms with Gasteiger partial charge >= 0.3 is 6.18 Å². The minimum atomic E-state index is -4.31. The van der Waals surface area contributed by atoms with Crippen molar-refractivity contribution in [3.05, 3.63) is 0 Å². The van der Waals surface area contributed by atoms with Crippen LogP contribution >= 0.6 is 11.8 Å². The predicted molar refractivity (Wildman–Crippen MR) is 69.1 cm³/mol. The fourth-order valence-corrected chi connectivity index (χ4v) is 3.72. The number of rotatable bonds is 3. The number of alkyl halides is 3. The van der Waals surface area contributed by atoms with Crippen molar-refractivity contribution in [3.8, 4) is 0 Å². The molecule has 19 heavy (non-hydrogen) atoms. The molecule has 0 radical (unpaired) electrons. The molecule has 0 unspecified atom stereocenters. The summed E-state index contributed by atoms with van der Waals surface area (Å²) in [6.07, 6.45) is -1.03. The molecule has 0 aromatic rings. The second-order valence-corrected chi connectivity index (χ2v) is 6.35. The van der Waals surface area contributed by atoms with Crippen LogP contribution in [-0.4, -0.2) is 53.7 Å². The van der Waals surface area contributed by atoms with Crippen molar-refractivity contribution in [1.29, 1.82) is 0 Å². The summed E-state index contributed by atoms with van der Waals surface area (Å²) in [5.41, 5.74) is 0. The molecule has 2 rings (SSSR count). The maximum absolute atomic E-state index is 12.4. The van der Waals surface area contributed by atoms with Crippen LogP contribution in [0.2, 0.25) is 0 Å². The highest BCUT2D eigenvalue weighted by Gasteiger charge is 2.37. The lowest BCUT2D eigenvalue weighted by molar-refractivity contribution is -0.165. The Labute approximate surface area is 115 Å². The number of piperidine rings is 1. The van der Waals surface area contributed by atoms with Crippen molar-refractivity contribution in [3.63, 3.8) is 0 Å². The van der Waals surface area contributed by atoms with E-state index in [0.717, 1.165) is 29.2 Å². The number of carbonyl (C=O) groups is 1. The van der Waals surface area contributed by atoms with Crippen molar-refractivity contribution in [2.75, 3.05) is 24.6 Å². The van der Waals surface area contributed by atoms with Crippen LogP contribution in [0.1, 0.15) is 25.7 Å². The van der Waals surface area contributed by atoms with Crippen LogP contribution in [0.25, 0.3) is 0 Å². The third-order valence-electron chi connectivity index (χ3n) is 3.56. The van der Waals surface area contributed by atoms with Crippen molar-refractivity contribution in [2.45, 2.75) is 43.9 Å². The van der Waals surface area contributed by atoms with Gasteiger partial charge in [-0.1, -0.05) is 0 Å². The standard InChI is InChI=1S/C12H19F3N2OS/c13-12(14,15)8-17-5-1-2-10(11(17)18)16-9-3-6-19-7-4-9/h9-10,16H,1-8H2/t10-/m1/s1. The highest BCUT2D eigenvalue weighted by atomic mass is 32.2. The molecule has 2 saturated heterocycles. The van der Waals surface area contributed by atoms with Crippen LogP contribution in [-0.2, 0) is 4.79 Å². The van der Waals surface area contributed by atoms with Crippen molar-refractivity contribution >= 4 is 17.7 Å². The van der Waals surface area contributed by atoms with E-state index in [-0.39, 0.29) is 18.5 Å². The zero-order valence-corrected chi connectivity index (χ0v) is 11.5. The molecule has 0 aromatic heterocycles. The normalized spacial score (nSPS) is 26.8. The van der Waals surface area contributed by atoms with E-state index in [1.165, 1.54) is 0 Å². The van der Waals surface area contributed by atoms with E-state index in [1.54, 1.807) is 0 Å². The number of hydrogen-bond acceptors (Lipinski definition) is 3. The summed E-state index contributed by atoms with van der Waals surface area (Å²) in [7, 11) is 0. The smallest absolute Gasteiger partial charge is 0.332 e. The topological polar surface area (TPSA) is 32.3 Å². The van der Waals surface area contributed by atoms with Crippen LogP contribution in [0.15, 0.2) is 0 Å². The average molecular weight is 296 g/mol. The number of hydrogen-bond donors (Lipinski definition) is 1.